The van der Waals surface area contributed by atoms with Gasteiger partial charge in [-0.1, -0.05) is 23.2 Å². The van der Waals surface area contributed by atoms with E-state index in [1.165, 1.54) is 12.1 Å². The van der Waals surface area contributed by atoms with Crippen LogP contribution in [0.1, 0.15) is 28.9 Å². The van der Waals surface area contributed by atoms with Gasteiger partial charge in [-0.15, -0.1) is 0 Å². The predicted molar refractivity (Wildman–Crippen MR) is 81.0 cm³/mol. The Kier molecular flexibility index (Phi) is 4.47. The molecule has 1 atom stereocenters. The molecule has 1 heterocycles. The van der Waals surface area contributed by atoms with Gasteiger partial charge in [0.05, 0.1) is 21.8 Å². The summed E-state index contributed by atoms with van der Waals surface area (Å²) in [7, 11) is 0. The smallest absolute Gasteiger partial charge is 0.251 e. The lowest BCUT2D eigenvalue weighted by Gasteiger charge is -2.14. The molecule has 6 heteroatoms. The number of amides is 1. The van der Waals surface area contributed by atoms with Gasteiger partial charge in [0.25, 0.3) is 5.91 Å². The number of nitrogen functional groups attached to an aromatic ring is 1. The zero-order valence-corrected chi connectivity index (χ0v) is 12.2. The molecule has 0 fully saturated rings. The highest BCUT2D eigenvalue weighted by molar-refractivity contribution is 6.39. The molecule has 0 aliphatic carbocycles. The number of hydrogen-bond acceptors (Lipinski definition) is 3. The highest BCUT2D eigenvalue weighted by Gasteiger charge is 2.14. The van der Waals surface area contributed by atoms with E-state index in [0.717, 1.165) is 5.56 Å². The first-order valence-corrected chi connectivity index (χ1v) is 6.70. The Morgan fingerprint density at radius 1 is 1.25 bits per heavy atom. The van der Waals surface area contributed by atoms with Crippen molar-refractivity contribution in [1.29, 1.82) is 0 Å². The summed E-state index contributed by atoms with van der Waals surface area (Å²) < 4.78 is 0. The number of nitrogens with two attached hydrogens (primary N) is 1. The topological polar surface area (TPSA) is 68.0 Å². The number of anilines is 1. The molecule has 20 heavy (non-hydrogen) atoms. The van der Waals surface area contributed by atoms with E-state index in [1.54, 1.807) is 12.4 Å². The molecule has 104 valence electrons. The molecule has 1 aromatic carbocycles. The second-order valence-corrected chi connectivity index (χ2v) is 5.14. The minimum Gasteiger partial charge on any atom is -0.396 e. The van der Waals surface area contributed by atoms with E-state index in [-0.39, 0.29) is 27.7 Å². The number of nitrogens with one attached hydrogen (secondary N) is 1. The van der Waals surface area contributed by atoms with Crippen LogP contribution < -0.4 is 11.1 Å². The number of carbonyl (C=O) groups is 1. The van der Waals surface area contributed by atoms with E-state index in [2.05, 4.69) is 10.3 Å². The molecule has 0 saturated carbocycles. The van der Waals surface area contributed by atoms with Crippen LogP contribution in [-0.4, -0.2) is 10.9 Å². The van der Waals surface area contributed by atoms with Gasteiger partial charge < -0.3 is 11.1 Å². The van der Waals surface area contributed by atoms with Crippen molar-refractivity contribution in [2.45, 2.75) is 13.0 Å². The highest BCUT2D eigenvalue weighted by atomic mass is 35.5. The van der Waals surface area contributed by atoms with E-state index in [1.807, 2.05) is 19.1 Å². The fourth-order valence-corrected chi connectivity index (χ4v) is 2.22. The lowest BCUT2D eigenvalue weighted by atomic mass is 10.1. The van der Waals surface area contributed by atoms with Crippen molar-refractivity contribution < 1.29 is 4.79 Å². The van der Waals surface area contributed by atoms with Gasteiger partial charge >= 0.3 is 0 Å². The lowest BCUT2D eigenvalue weighted by molar-refractivity contribution is 0.0940. The Bertz CT molecular complexity index is 609. The summed E-state index contributed by atoms with van der Waals surface area (Å²) in [6.45, 7) is 1.88. The molecule has 1 amide bonds. The molecule has 0 saturated heterocycles. The van der Waals surface area contributed by atoms with Gasteiger partial charge in [0.1, 0.15) is 0 Å². The third kappa shape index (κ3) is 3.21. The summed E-state index contributed by atoms with van der Waals surface area (Å²) in [5, 5.41) is 3.39. The maximum Gasteiger partial charge on any atom is 0.251 e. The summed E-state index contributed by atoms with van der Waals surface area (Å²) >= 11 is 11.8. The molecule has 0 spiro atoms. The molecule has 1 unspecified atom stereocenters. The number of halogens is 2. The van der Waals surface area contributed by atoms with Crippen molar-refractivity contribution in [3.63, 3.8) is 0 Å². The third-order valence-electron chi connectivity index (χ3n) is 2.89. The lowest BCUT2D eigenvalue weighted by Crippen LogP contribution is -2.26. The second kappa shape index (κ2) is 6.11. The Hall–Kier alpha value is -1.78. The van der Waals surface area contributed by atoms with Crippen LogP contribution in [0.4, 0.5) is 5.69 Å². The van der Waals surface area contributed by atoms with Gasteiger partial charge in [-0.2, -0.15) is 0 Å². The van der Waals surface area contributed by atoms with Crippen molar-refractivity contribution in [2.24, 2.45) is 0 Å². The molecule has 2 aromatic rings. The first-order chi connectivity index (χ1) is 9.49. The van der Waals surface area contributed by atoms with Gasteiger partial charge in [-0.3, -0.25) is 9.78 Å². The molecule has 1 aromatic heterocycles. The van der Waals surface area contributed by atoms with Crippen LogP contribution in [0.15, 0.2) is 36.7 Å². The minimum absolute atomic E-state index is 0.152. The number of benzene rings is 1. The van der Waals surface area contributed by atoms with Crippen molar-refractivity contribution in [3.8, 4) is 0 Å². The Labute approximate surface area is 126 Å². The maximum absolute atomic E-state index is 12.2. The molecule has 0 radical (unpaired) electrons. The van der Waals surface area contributed by atoms with Gasteiger partial charge in [0, 0.05) is 18.0 Å². The van der Waals surface area contributed by atoms with Crippen LogP contribution in [0.3, 0.4) is 0 Å². The van der Waals surface area contributed by atoms with Gasteiger partial charge in [0.2, 0.25) is 0 Å². The van der Waals surface area contributed by atoms with Crippen molar-refractivity contribution in [3.05, 3.63) is 57.8 Å². The van der Waals surface area contributed by atoms with Crippen molar-refractivity contribution in [2.75, 3.05) is 5.73 Å². The molecule has 0 aliphatic heterocycles. The van der Waals surface area contributed by atoms with E-state index in [9.17, 15) is 4.79 Å². The first-order valence-electron chi connectivity index (χ1n) is 5.94. The summed E-state index contributed by atoms with van der Waals surface area (Å²) in [4.78, 5) is 16.1. The van der Waals surface area contributed by atoms with Crippen molar-refractivity contribution in [1.82, 2.24) is 10.3 Å². The van der Waals surface area contributed by atoms with Gasteiger partial charge in [0.15, 0.2) is 0 Å². The van der Waals surface area contributed by atoms with Crippen molar-refractivity contribution >= 4 is 34.8 Å². The molecular weight excluding hydrogens is 297 g/mol. The number of hydrogen-bond donors (Lipinski definition) is 2. The van der Waals surface area contributed by atoms with Crippen LogP contribution in [0.2, 0.25) is 10.0 Å². The van der Waals surface area contributed by atoms with E-state index in [0.29, 0.717) is 5.56 Å². The average molecular weight is 310 g/mol. The molecule has 0 aliphatic rings. The zero-order chi connectivity index (χ0) is 14.7. The average Bonchev–Trinajstić information content (AvgIpc) is 2.45. The number of rotatable bonds is 3. The van der Waals surface area contributed by atoms with Crippen LogP contribution in [0.5, 0.6) is 0 Å². The quantitative estimate of drug-likeness (QED) is 0.853. The van der Waals surface area contributed by atoms with Crippen LogP contribution in [0.25, 0.3) is 0 Å². The number of carbonyl (C=O) groups excluding carboxylic acids is 1. The monoisotopic (exact) mass is 309 g/mol. The van der Waals surface area contributed by atoms with Crippen LogP contribution in [-0.2, 0) is 0 Å². The van der Waals surface area contributed by atoms with E-state index >= 15 is 0 Å². The fraction of sp³-hybridized carbons (Fsp3) is 0.143. The number of pyridine rings is 1. The minimum atomic E-state index is -0.266. The van der Waals surface area contributed by atoms with E-state index < -0.39 is 0 Å². The maximum atomic E-state index is 12.2. The van der Waals surface area contributed by atoms with E-state index in [4.69, 9.17) is 28.9 Å². The molecular formula is C14H13Cl2N3O. The number of nitrogens with zero attached hydrogens (tertiary/aromatic N) is 1. The summed E-state index contributed by atoms with van der Waals surface area (Å²) in [5.74, 6) is -0.266. The second-order valence-electron chi connectivity index (χ2n) is 4.33. The predicted octanol–water partition coefficient (Wildman–Crippen LogP) is 3.46. The first kappa shape index (κ1) is 14.6. The standard InChI is InChI=1S/C14H13Cl2N3O/c1-8(9-2-4-18-5-3-9)19-14(20)10-6-11(15)13(17)12(16)7-10/h2-8H,17H2,1H3,(H,19,20). The fourth-order valence-electron chi connectivity index (χ4n) is 1.73. The molecule has 4 nitrogen and oxygen atoms in total. The summed E-state index contributed by atoms with van der Waals surface area (Å²) in [5.41, 5.74) is 7.24. The van der Waals surface area contributed by atoms with Gasteiger partial charge in [-0.05, 0) is 36.8 Å². The van der Waals surface area contributed by atoms with Gasteiger partial charge in [-0.25, -0.2) is 0 Å². The van der Waals surface area contributed by atoms with Crippen LogP contribution >= 0.6 is 23.2 Å². The normalized spacial score (nSPS) is 11.9. The Balaban J connectivity index is 2.17. The van der Waals surface area contributed by atoms with Crippen LogP contribution in [0, 0.1) is 0 Å². The molecule has 2 rings (SSSR count). The third-order valence-corrected chi connectivity index (χ3v) is 3.52. The molecule has 3 N–H and O–H groups in total. The summed E-state index contributed by atoms with van der Waals surface area (Å²) in [6.07, 6.45) is 3.35. The zero-order valence-electron chi connectivity index (χ0n) is 10.7. The summed E-state index contributed by atoms with van der Waals surface area (Å²) in [6, 6.07) is 6.52. The molecule has 0 bridgehead atoms. The largest absolute Gasteiger partial charge is 0.396 e. The Morgan fingerprint density at radius 3 is 2.35 bits per heavy atom. The Morgan fingerprint density at radius 2 is 1.80 bits per heavy atom. The SMILES string of the molecule is CC(NC(=O)c1cc(Cl)c(N)c(Cl)c1)c1ccncc1. The number of aromatic nitrogens is 1. The highest BCUT2D eigenvalue weighted by Crippen LogP contribution is 2.29.